The van der Waals surface area contributed by atoms with Crippen LogP contribution in [0.1, 0.15) is 44.7 Å². The maximum Gasteiger partial charge on any atom is 0.233 e. The molecule has 0 saturated carbocycles. The number of rotatable bonds is 9. The predicted molar refractivity (Wildman–Crippen MR) is 105 cm³/mol. The summed E-state index contributed by atoms with van der Waals surface area (Å²) in [6.07, 6.45) is 5.03. The number of nitrogens with one attached hydrogen (secondary N) is 2. The van der Waals surface area contributed by atoms with Crippen LogP contribution in [-0.2, 0) is 22.9 Å². The van der Waals surface area contributed by atoms with E-state index in [1.54, 1.807) is 12.3 Å². The fourth-order valence-corrected chi connectivity index (χ4v) is 3.83. The first-order valence-electron chi connectivity index (χ1n) is 8.83. The average molecular weight is 362 g/mol. The van der Waals surface area contributed by atoms with E-state index in [1.807, 2.05) is 13.0 Å². The van der Waals surface area contributed by atoms with Crippen molar-refractivity contribution in [1.82, 2.24) is 4.98 Å². The number of benzene rings is 1. The van der Waals surface area contributed by atoms with Crippen LogP contribution in [0.15, 0.2) is 36.5 Å². The van der Waals surface area contributed by atoms with Gasteiger partial charge < -0.3 is 5.32 Å². The summed E-state index contributed by atoms with van der Waals surface area (Å²) in [5.74, 6) is 0.468. The molecule has 2 aromatic rings. The molecule has 5 nitrogen and oxygen atoms in total. The Morgan fingerprint density at radius 3 is 2.20 bits per heavy atom. The first-order chi connectivity index (χ1) is 12.0. The van der Waals surface area contributed by atoms with E-state index >= 15 is 0 Å². The molecular formula is C19H27N3O2S. The van der Waals surface area contributed by atoms with Crippen LogP contribution >= 0.6 is 0 Å². The molecule has 1 heterocycles. The summed E-state index contributed by atoms with van der Waals surface area (Å²) in [7, 11) is -3.32. The number of para-hydroxylation sites is 1. The van der Waals surface area contributed by atoms with Gasteiger partial charge in [0.1, 0.15) is 5.82 Å². The van der Waals surface area contributed by atoms with Gasteiger partial charge in [-0.1, -0.05) is 45.4 Å². The van der Waals surface area contributed by atoms with Gasteiger partial charge in [0, 0.05) is 5.69 Å². The third-order valence-electron chi connectivity index (χ3n) is 4.06. The summed E-state index contributed by atoms with van der Waals surface area (Å²) in [5.41, 5.74) is 4.46. The molecule has 0 spiro atoms. The molecule has 6 heteroatoms. The topological polar surface area (TPSA) is 71.1 Å². The van der Waals surface area contributed by atoms with E-state index in [0.29, 0.717) is 12.2 Å². The van der Waals surface area contributed by atoms with Crippen LogP contribution in [0.3, 0.4) is 0 Å². The van der Waals surface area contributed by atoms with Gasteiger partial charge in [0.05, 0.1) is 17.6 Å². The van der Waals surface area contributed by atoms with Crippen molar-refractivity contribution in [1.29, 1.82) is 0 Å². The zero-order valence-electron chi connectivity index (χ0n) is 15.2. The van der Waals surface area contributed by atoms with Crippen LogP contribution in [0.5, 0.6) is 0 Å². The second kappa shape index (κ2) is 8.85. The van der Waals surface area contributed by atoms with E-state index < -0.39 is 10.0 Å². The Labute approximate surface area is 150 Å². The molecule has 0 radical (unpaired) electrons. The summed E-state index contributed by atoms with van der Waals surface area (Å²) >= 11 is 0. The fraction of sp³-hybridized carbons (Fsp3) is 0.421. The minimum Gasteiger partial charge on any atom is -0.354 e. The minimum atomic E-state index is -3.32. The second-order valence-corrected chi connectivity index (χ2v) is 7.83. The van der Waals surface area contributed by atoms with Gasteiger partial charge in [0.2, 0.25) is 10.0 Å². The highest BCUT2D eigenvalue weighted by atomic mass is 32.2. The molecule has 2 N–H and O–H groups in total. The zero-order chi connectivity index (χ0) is 18.3. The molecule has 0 aliphatic rings. The average Bonchev–Trinajstić information content (AvgIpc) is 2.61. The minimum absolute atomic E-state index is 0.120. The molecule has 0 amide bonds. The summed E-state index contributed by atoms with van der Waals surface area (Å²) in [6.45, 7) is 6.23. The van der Waals surface area contributed by atoms with Crippen LogP contribution < -0.4 is 10.0 Å². The lowest BCUT2D eigenvalue weighted by Crippen LogP contribution is -2.17. The monoisotopic (exact) mass is 361 g/mol. The maximum atomic E-state index is 11.9. The summed E-state index contributed by atoms with van der Waals surface area (Å²) in [5, 5.41) is 3.43. The highest BCUT2D eigenvalue weighted by Crippen LogP contribution is 2.26. The van der Waals surface area contributed by atoms with E-state index in [2.05, 4.69) is 47.1 Å². The van der Waals surface area contributed by atoms with Gasteiger partial charge in [-0.15, -0.1) is 0 Å². The number of aryl methyl sites for hydroxylation is 2. The molecule has 2 rings (SSSR count). The zero-order valence-corrected chi connectivity index (χ0v) is 16.0. The number of unbranched alkanes of at least 4 members (excludes halogenated alkanes) is 1. The van der Waals surface area contributed by atoms with Crippen LogP contribution in [0.4, 0.5) is 17.2 Å². The van der Waals surface area contributed by atoms with E-state index in [4.69, 9.17) is 0 Å². The molecule has 1 aromatic heterocycles. The van der Waals surface area contributed by atoms with Gasteiger partial charge in [-0.3, -0.25) is 4.72 Å². The first-order valence-corrected chi connectivity index (χ1v) is 10.5. The smallest absolute Gasteiger partial charge is 0.233 e. The van der Waals surface area contributed by atoms with Gasteiger partial charge in [-0.05, 0) is 42.5 Å². The van der Waals surface area contributed by atoms with Crippen molar-refractivity contribution in [3.63, 3.8) is 0 Å². The van der Waals surface area contributed by atoms with Crippen molar-refractivity contribution in [2.75, 3.05) is 15.8 Å². The molecule has 0 unspecified atom stereocenters. The molecule has 0 atom stereocenters. The summed E-state index contributed by atoms with van der Waals surface area (Å²) < 4.78 is 26.4. The molecule has 0 saturated heterocycles. The Balaban J connectivity index is 2.14. The van der Waals surface area contributed by atoms with Crippen LogP contribution in [0, 0.1) is 0 Å². The number of hydrogen-bond acceptors (Lipinski definition) is 4. The Morgan fingerprint density at radius 2 is 1.68 bits per heavy atom. The van der Waals surface area contributed by atoms with Crippen molar-refractivity contribution in [3.05, 3.63) is 47.7 Å². The van der Waals surface area contributed by atoms with Crippen LogP contribution in [0.25, 0.3) is 0 Å². The van der Waals surface area contributed by atoms with Crippen molar-refractivity contribution in [2.45, 2.75) is 46.5 Å². The molecule has 0 fully saturated rings. The standard InChI is InChI=1S/C19H27N3O2S/c1-4-7-13-25(23,24)22-18-12-11-17(14-20-18)21-19-15(5-2)9-8-10-16(19)6-3/h8-12,14,21H,4-7,13H2,1-3H3,(H,20,22). The molecular weight excluding hydrogens is 334 g/mol. The molecule has 0 bridgehead atoms. The SMILES string of the molecule is CCCCS(=O)(=O)Nc1ccc(Nc2c(CC)cccc2CC)cn1. The second-order valence-electron chi connectivity index (χ2n) is 5.99. The number of pyridine rings is 1. The molecule has 1 aromatic carbocycles. The first kappa shape index (κ1) is 19.2. The quantitative estimate of drug-likeness (QED) is 0.690. The lowest BCUT2D eigenvalue weighted by molar-refractivity contribution is 0.597. The largest absolute Gasteiger partial charge is 0.354 e. The normalized spacial score (nSPS) is 11.3. The lowest BCUT2D eigenvalue weighted by Gasteiger charge is -2.15. The Kier molecular flexibility index (Phi) is 6.82. The highest BCUT2D eigenvalue weighted by Gasteiger charge is 2.11. The summed E-state index contributed by atoms with van der Waals surface area (Å²) in [6, 6.07) is 9.84. The van der Waals surface area contributed by atoms with E-state index in [1.165, 1.54) is 11.1 Å². The van der Waals surface area contributed by atoms with E-state index in [0.717, 1.165) is 30.6 Å². The van der Waals surface area contributed by atoms with Crippen molar-refractivity contribution in [3.8, 4) is 0 Å². The Bertz CT molecular complexity index is 765. The van der Waals surface area contributed by atoms with Gasteiger partial charge in [-0.25, -0.2) is 13.4 Å². The Morgan fingerprint density at radius 1 is 1.00 bits per heavy atom. The third kappa shape index (κ3) is 5.46. The Hall–Kier alpha value is -2.08. The number of aromatic nitrogens is 1. The van der Waals surface area contributed by atoms with Gasteiger partial charge in [0.25, 0.3) is 0 Å². The van der Waals surface area contributed by atoms with Crippen molar-refractivity contribution < 1.29 is 8.42 Å². The van der Waals surface area contributed by atoms with Crippen molar-refractivity contribution in [2.24, 2.45) is 0 Å². The lowest BCUT2D eigenvalue weighted by atomic mass is 10.0. The van der Waals surface area contributed by atoms with E-state index in [9.17, 15) is 8.42 Å². The predicted octanol–water partition coefficient (Wildman–Crippen LogP) is 4.49. The van der Waals surface area contributed by atoms with Crippen LogP contribution in [0.2, 0.25) is 0 Å². The number of nitrogens with zero attached hydrogens (tertiary/aromatic N) is 1. The molecule has 25 heavy (non-hydrogen) atoms. The van der Waals surface area contributed by atoms with Gasteiger partial charge in [0.15, 0.2) is 0 Å². The van der Waals surface area contributed by atoms with Crippen molar-refractivity contribution >= 4 is 27.2 Å². The number of hydrogen-bond donors (Lipinski definition) is 2. The van der Waals surface area contributed by atoms with E-state index in [-0.39, 0.29) is 5.75 Å². The molecule has 136 valence electrons. The van der Waals surface area contributed by atoms with Gasteiger partial charge in [-0.2, -0.15) is 0 Å². The third-order valence-corrected chi connectivity index (χ3v) is 5.40. The highest BCUT2D eigenvalue weighted by molar-refractivity contribution is 7.92. The summed E-state index contributed by atoms with van der Waals surface area (Å²) in [4.78, 5) is 4.23. The number of sulfonamides is 1. The molecule has 0 aliphatic heterocycles. The maximum absolute atomic E-state index is 11.9. The molecule has 0 aliphatic carbocycles. The van der Waals surface area contributed by atoms with Crippen LogP contribution in [-0.4, -0.2) is 19.2 Å². The fourth-order valence-electron chi connectivity index (χ4n) is 2.62. The van der Waals surface area contributed by atoms with Gasteiger partial charge >= 0.3 is 0 Å². The number of anilines is 3.